The van der Waals surface area contributed by atoms with Gasteiger partial charge in [0.25, 0.3) is 0 Å². The zero-order valence-electron chi connectivity index (χ0n) is 18.9. The predicted molar refractivity (Wildman–Crippen MR) is 136 cm³/mol. The molecule has 39 heavy (non-hydrogen) atoms. The van der Waals surface area contributed by atoms with Crippen LogP contribution in [0.2, 0.25) is 5.02 Å². The van der Waals surface area contributed by atoms with Gasteiger partial charge in [0.15, 0.2) is 0 Å². The van der Waals surface area contributed by atoms with E-state index >= 15 is 0 Å². The van der Waals surface area contributed by atoms with E-state index in [9.17, 15) is 37.8 Å². The minimum Gasteiger partial charge on any atom is -0.369 e. The van der Waals surface area contributed by atoms with Crippen LogP contribution in [0.3, 0.4) is 0 Å². The van der Waals surface area contributed by atoms with Crippen LogP contribution in [0.25, 0.3) is 0 Å². The van der Waals surface area contributed by atoms with Crippen molar-refractivity contribution in [2.75, 3.05) is 0 Å². The number of primary amides is 1. The molecule has 1 saturated carbocycles. The van der Waals surface area contributed by atoms with Crippen molar-refractivity contribution in [1.82, 2.24) is 5.32 Å². The van der Waals surface area contributed by atoms with Gasteiger partial charge in [-0.25, -0.2) is 8.78 Å². The number of nitrogens with one attached hydrogen (secondary N) is 1. The lowest BCUT2D eigenvalue weighted by molar-refractivity contribution is -0.123. The quantitative estimate of drug-likeness (QED) is 0.246. The van der Waals surface area contributed by atoms with Crippen LogP contribution in [0.15, 0.2) is 65.2 Å². The van der Waals surface area contributed by atoms with Crippen molar-refractivity contribution in [3.05, 3.63) is 88.1 Å². The van der Waals surface area contributed by atoms with Crippen molar-refractivity contribution in [1.29, 1.82) is 0 Å². The van der Waals surface area contributed by atoms with E-state index in [4.69, 9.17) is 52.1 Å². The predicted octanol–water partition coefficient (Wildman–Crippen LogP) is 7.76. The van der Waals surface area contributed by atoms with Crippen LogP contribution in [0.5, 0.6) is 0 Å². The Morgan fingerprint density at radius 2 is 1.64 bits per heavy atom. The molecule has 2 aliphatic rings. The molecule has 16 heteroatoms. The number of hydrogen-bond acceptors (Lipinski definition) is 2. The van der Waals surface area contributed by atoms with Gasteiger partial charge < -0.3 is 11.1 Å². The first-order chi connectivity index (χ1) is 17.6. The molecule has 0 aliphatic heterocycles. The molecule has 212 valence electrons. The smallest absolute Gasteiger partial charge is 0.310 e. The molecule has 4 rings (SSSR count). The number of amides is 2. The van der Waals surface area contributed by atoms with Gasteiger partial charge in [0.1, 0.15) is 26.3 Å². The summed E-state index contributed by atoms with van der Waals surface area (Å²) in [4.78, 5) is 23.3. The molecule has 0 saturated heterocycles. The maximum atomic E-state index is 14.7. The van der Waals surface area contributed by atoms with Crippen molar-refractivity contribution < 1.29 is 37.8 Å². The van der Waals surface area contributed by atoms with Gasteiger partial charge >= 0.3 is 10.2 Å². The van der Waals surface area contributed by atoms with Crippen LogP contribution in [0.4, 0.5) is 28.2 Å². The van der Waals surface area contributed by atoms with Crippen LogP contribution >= 0.6 is 56.6 Å². The largest absolute Gasteiger partial charge is 0.369 e. The van der Waals surface area contributed by atoms with Gasteiger partial charge in [-0.2, -0.15) is 0 Å². The summed E-state index contributed by atoms with van der Waals surface area (Å²) in [5.41, 5.74) is 2.42. The van der Waals surface area contributed by atoms with Gasteiger partial charge in [-0.3, -0.25) is 9.59 Å². The van der Waals surface area contributed by atoms with Crippen LogP contribution in [0, 0.1) is 17.6 Å². The lowest BCUT2D eigenvalue weighted by atomic mass is 9.73. The Labute approximate surface area is 236 Å². The molecular formula is C23H15Cl4F7N2O2S. The maximum Gasteiger partial charge on any atom is 0.310 e. The molecule has 0 bridgehead atoms. The fourth-order valence-electron chi connectivity index (χ4n) is 4.46. The summed E-state index contributed by atoms with van der Waals surface area (Å²) in [7, 11) is -10.1. The van der Waals surface area contributed by atoms with E-state index in [0.29, 0.717) is 6.07 Å². The number of carbonyl (C=O) groups excluding carboxylic acids is 2. The lowest BCUT2D eigenvalue weighted by Crippen LogP contribution is -2.49. The van der Waals surface area contributed by atoms with Crippen molar-refractivity contribution in [3.63, 3.8) is 0 Å². The van der Waals surface area contributed by atoms with E-state index in [1.165, 1.54) is 12.2 Å². The van der Waals surface area contributed by atoms with Gasteiger partial charge in [-0.05, 0) is 42.0 Å². The Hall–Kier alpha value is -2.12. The van der Waals surface area contributed by atoms with Crippen LogP contribution < -0.4 is 11.1 Å². The van der Waals surface area contributed by atoms with Crippen LogP contribution in [-0.4, -0.2) is 21.5 Å². The summed E-state index contributed by atoms with van der Waals surface area (Å²) < 4.78 is 93.1. The van der Waals surface area contributed by atoms with E-state index < -0.39 is 81.7 Å². The zero-order valence-corrected chi connectivity index (χ0v) is 22.7. The van der Waals surface area contributed by atoms with Crippen LogP contribution in [0.1, 0.15) is 17.0 Å². The first kappa shape index (κ1) is 29.9. The third kappa shape index (κ3) is 5.46. The molecule has 4 atom stereocenters. The molecule has 0 heterocycles. The molecule has 0 radical (unpaired) electrons. The minimum absolute atomic E-state index is 0.0480. The monoisotopic (exact) mass is 656 g/mol. The Kier molecular flexibility index (Phi) is 6.65. The van der Waals surface area contributed by atoms with Crippen molar-refractivity contribution in [2.45, 2.75) is 25.9 Å². The Morgan fingerprint density at radius 1 is 1.00 bits per heavy atom. The summed E-state index contributed by atoms with van der Waals surface area (Å²) in [5, 5.41) is 0.382. The number of hydrogen-bond donors (Lipinski definition) is 2. The number of rotatable bonds is 6. The van der Waals surface area contributed by atoms with E-state index in [1.807, 2.05) is 0 Å². The number of benzene rings is 2. The van der Waals surface area contributed by atoms with Crippen molar-refractivity contribution in [2.24, 2.45) is 11.7 Å². The maximum absolute atomic E-state index is 14.7. The normalized spacial score (nSPS) is 27.7. The molecule has 0 aromatic heterocycles. The fraction of sp³-hybridized carbons (Fsp3) is 0.217. The summed E-state index contributed by atoms with van der Waals surface area (Å²) in [6, 6.07) is 3.41. The molecule has 4 nitrogen and oxygen atoms in total. The number of carbonyl (C=O) groups is 2. The third-order valence-corrected chi connectivity index (χ3v) is 9.12. The number of alkyl halides is 3. The highest BCUT2D eigenvalue weighted by molar-refractivity contribution is 8.45. The zero-order chi connectivity index (χ0) is 29.4. The molecule has 3 N–H and O–H groups in total. The summed E-state index contributed by atoms with van der Waals surface area (Å²) in [6.45, 7) is 0. The Balaban J connectivity index is 1.68. The molecule has 2 aromatic carbocycles. The van der Waals surface area contributed by atoms with E-state index in [-0.39, 0.29) is 17.8 Å². The second kappa shape index (κ2) is 8.69. The summed E-state index contributed by atoms with van der Waals surface area (Å²) in [6.07, 6.45) is 3.45. The van der Waals surface area contributed by atoms with E-state index in [0.717, 1.165) is 24.3 Å². The highest BCUT2D eigenvalue weighted by atomic mass is 35.5. The fourth-order valence-corrected chi connectivity index (χ4v) is 6.66. The van der Waals surface area contributed by atoms with Gasteiger partial charge in [0, 0.05) is 28.3 Å². The van der Waals surface area contributed by atoms with Gasteiger partial charge in [0.05, 0.1) is 11.3 Å². The van der Waals surface area contributed by atoms with E-state index in [2.05, 4.69) is 5.32 Å². The van der Waals surface area contributed by atoms with Gasteiger partial charge in [-0.1, -0.05) is 43.2 Å². The Bertz CT molecular complexity index is 1480. The topological polar surface area (TPSA) is 72.2 Å². The average molecular weight is 658 g/mol. The van der Waals surface area contributed by atoms with Crippen LogP contribution in [-0.2, 0) is 15.0 Å². The number of nitrogens with two attached hydrogens (primary N) is 1. The second-order valence-corrected chi connectivity index (χ2v) is 13.8. The molecule has 2 aromatic rings. The van der Waals surface area contributed by atoms with E-state index in [1.54, 1.807) is 0 Å². The minimum atomic E-state index is -10.1. The molecule has 0 spiro atoms. The summed E-state index contributed by atoms with van der Waals surface area (Å²) >= 11 is 24.2. The molecule has 2 aliphatic carbocycles. The highest BCUT2D eigenvalue weighted by Gasteiger charge is 2.69. The number of halogens is 11. The molecular weight excluding hydrogens is 643 g/mol. The summed E-state index contributed by atoms with van der Waals surface area (Å²) in [5.74, 6) is -7.08. The molecule has 2 unspecified atom stereocenters. The van der Waals surface area contributed by atoms with Crippen molar-refractivity contribution in [3.8, 4) is 0 Å². The van der Waals surface area contributed by atoms with Gasteiger partial charge in [0.2, 0.25) is 11.8 Å². The third-order valence-electron chi connectivity index (χ3n) is 6.35. The number of allylic oxidation sites excluding steroid dienone is 2. The first-order valence-corrected chi connectivity index (χ1v) is 14.1. The molecule has 1 fully saturated rings. The standard InChI is InChI=1S/C23H15Cl4F7N2O2S/c24-11-5-10(6-14(7-11)39(30,31,32,33)34)18-19(23(18,26)27)20(37)36-13-2-4-17(25)22(9-13,21(35)38)15-3-1-12(28)8-16(15)29/h1-9,17-19H,(H2,35,38)(H,36,37)/t17?,18-,19-,22?/m1/s1. The Morgan fingerprint density at radius 3 is 2.21 bits per heavy atom. The van der Waals surface area contributed by atoms with Gasteiger partial charge in [-0.15, -0.1) is 34.8 Å². The lowest BCUT2D eigenvalue weighted by Gasteiger charge is -2.40. The molecule has 2 amide bonds. The first-order valence-electron chi connectivity index (χ1n) is 10.6. The van der Waals surface area contributed by atoms with Crippen molar-refractivity contribution >= 4 is 68.4 Å². The highest BCUT2D eigenvalue weighted by Crippen LogP contribution is 3.02. The average Bonchev–Trinajstić information content (AvgIpc) is 3.35. The SMILES string of the molecule is NC(=O)C1(c2ccc(F)cc2F)C=C(NC(=O)[C@H]2[C@@H](c3cc(Cl)cc(S(F)(F)(F)(F)F)c3)C2(Cl)Cl)C=CC1Cl. The second-order valence-electron chi connectivity index (χ2n) is 9.03.